The summed E-state index contributed by atoms with van der Waals surface area (Å²) in [6.45, 7) is 10.5. The van der Waals surface area contributed by atoms with E-state index in [0.717, 1.165) is 25.9 Å². The van der Waals surface area contributed by atoms with Gasteiger partial charge in [-0.1, -0.05) is 55.9 Å². The van der Waals surface area contributed by atoms with Gasteiger partial charge < -0.3 is 12.6 Å². The molecule has 1 radical (unpaired) electrons. The van der Waals surface area contributed by atoms with Crippen LogP contribution in [-0.2, 0) is 32.1 Å². The SMILES string of the molecule is CC(c1ccc([Si](C)(C)CCC(F)(F)C(F)(F)C(F)(F)C(F)(F)C(F)(F)C(F)(F)C(F)(F)C(F)(F)C(F)(F)C(F)(F)F)cc1[S-])N1CCCC1.[CH2]C.[Zn]. The summed E-state index contributed by atoms with van der Waals surface area (Å²) in [6.07, 6.45) is -8.85. The van der Waals surface area contributed by atoms with Crippen LogP contribution in [0.1, 0.15) is 44.7 Å². The van der Waals surface area contributed by atoms with E-state index < -0.39 is 80.0 Å². The Bertz CT molecular complexity index is 1380. The number of halogens is 21. The first kappa shape index (κ1) is 51.8. The average molecular weight is 905 g/mol. The molecule has 0 amide bonds. The zero-order chi connectivity index (χ0) is 41.8. The van der Waals surface area contributed by atoms with E-state index in [1.807, 2.05) is 4.90 Å². The zero-order valence-electron chi connectivity index (χ0n) is 27.8. The van der Waals surface area contributed by atoms with Gasteiger partial charge in [0, 0.05) is 31.9 Å². The van der Waals surface area contributed by atoms with Crippen LogP contribution in [-0.4, -0.2) is 85.5 Å². The first-order valence-corrected chi connectivity index (χ1v) is 18.2. The van der Waals surface area contributed by atoms with Gasteiger partial charge in [-0.2, -0.15) is 97.1 Å². The van der Waals surface area contributed by atoms with E-state index in [0.29, 0.717) is 18.7 Å². The van der Waals surface area contributed by atoms with Crippen molar-refractivity contribution in [3.63, 3.8) is 0 Å². The number of hydrogen-bond acceptors (Lipinski definition) is 2. The Balaban J connectivity index is 0.00000885. The summed E-state index contributed by atoms with van der Waals surface area (Å²) < 4.78 is 287. The maximum atomic E-state index is 14.6. The van der Waals surface area contributed by atoms with Gasteiger partial charge in [-0.15, -0.1) is 0 Å². The quantitative estimate of drug-likeness (QED) is 0.104. The summed E-state index contributed by atoms with van der Waals surface area (Å²) in [5.74, 6) is -76.8. The van der Waals surface area contributed by atoms with E-state index in [-0.39, 0.29) is 35.6 Å². The summed E-state index contributed by atoms with van der Waals surface area (Å²) in [4.78, 5) is 2.18. The minimum absolute atomic E-state index is 0. The fourth-order valence-electron chi connectivity index (χ4n) is 4.99. The van der Waals surface area contributed by atoms with Crippen molar-refractivity contribution in [1.29, 1.82) is 0 Å². The van der Waals surface area contributed by atoms with E-state index in [1.54, 1.807) is 13.8 Å². The van der Waals surface area contributed by atoms with Crippen molar-refractivity contribution in [3.05, 3.63) is 30.7 Å². The number of nitrogens with zero attached hydrogens (tertiary/aromatic N) is 1. The molecule has 1 saturated heterocycles. The summed E-state index contributed by atoms with van der Waals surface area (Å²) in [7, 11) is -3.58. The average Bonchev–Trinajstić information content (AvgIpc) is 3.55. The monoisotopic (exact) mass is 903 g/mol. The molecule has 1 unspecified atom stereocenters. The molecule has 1 heterocycles. The summed E-state index contributed by atoms with van der Waals surface area (Å²) >= 11 is 5.29. The first-order chi connectivity index (χ1) is 22.8. The van der Waals surface area contributed by atoms with Gasteiger partial charge in [0.15, 0.2) is 0 Å². The van der Waals surface area contributed by atoms with E-state index in [9.17, 15) is 92.2 Å². The van der Waals surface area contributed by atoms with E-state index in [1.165, 1.54) is 18.2 Å². The third kappa shape index (κ3) is 8.28. The van der Waals surface area contributed by atoms with Gasteiger partial charge in [0.05, 0.1) is 8.07 Å². The standard InChI is InChI=1S/C26H26F21NSSi.C2H5.Zn/c1-13(48-9-4-5-10-48)15-7-6-14(12-16(15)49)50(2,3)11-8-17(27,28)18(29,30)19(31,32)20(33,34)21(35,36)22(37,38)23(39,40)24(41,42)25(43,44)26(45,46)47;1-2;/h6-7,12-13,49H,4-5,8-11H2,1-3H3;1H2,2H3;/p-1. The molecule has 307 valence electrons. The van der Waals surface area contributed by atoms with Crippen molar-refractivity contribution >= 4 is 25.9 Å². The molecular weight excluding hydrogens is 875 g/mol. The smallest absolute Gasteiger partial charge is 0.460 e. The molecule has 1 nitrogen and oxygen atoms in total. The van der Waals surface area contributed by atoms with Crippen LogP contribution in [0.25, 0.3) is 0 Å². The van der Waals surface area contributed by atoms with Gasteiger partial charge in [-0.25, -0.2) is 0 Å². The second kappa shape index (κ2) is 16.0. The van der Waals surface area contributed by atoms with Crippen LogP contribution < -0.4 is 5.19 Å². The summed E-state index contributed by atoms with van der Waals surface area (Å²) in [5.41, 5.74) is 0.567. The molecule has 0 spiro atoms. The van der Waals surface area contributed by atoms with Crippen LogP contribution in [0.2, 0.25) is 19.1 Å². The van der Waals surface area contributed by atoms with Crippen molar-refractivity contribution in [2.24, 2.45) is 0 Å². The Morgan fingerprint density at radius 3 is 1.30 bits per heavy atom. The molecule has 0 saturated carbocycles. The van der Waals surface area contributed by atoms with E-state index in [2.05, 4.69) is 6.92 Å². The molecule has 0 aliphatic carbocycles. The van der Waals surface area contributed by atoms with Crippen LogP contribution in [0.3, 0.4) is 0 Å². The fraction of sp³-hybridized carbons (Fsp3) is 0.750. The van der Waals surface area contributed by atoms with Crippen molar-refractivity contribution in [2.45, 2.75) is 123 Å². The van der Waals surface area contributed by atoms with Crippen LogP contribution in [0.5, 0.6) is 0 Å². The van der Waals surface area contributed by atoms with Crippen molar-refractivity contribution < 1.29 is 112 Å². The zero-order valence-corrected chi connectivity index (χ0v) is 32.5. The minimum atomic E-state index is -9.17. The predicted molar refractivity (Wildman–Crippen MR) is 149 cm³/mol. The molecule has 1 atom stereocenters. The Hall–Kier alpha value is -1.23. The molecule has 1 aromatic carbocycles. The van der Waals surface area contributed by atoms with Crippen LogP contribution in [0.15, 0.2) is 23.1 Å². The maximum Gasteiger partial charge on any atom is 0.460 e. The van der Waals surface area contributed by atoms with Crippen molar-refractivity contribution in [1.82, 2.24) is 4.90 Å². The normalized spacial score (nSPS) is 17.2. The molecule has 25 heteroatoms. The van der Waals surface area contributed by atoms with Crippen molar-refractivity contribution in [2.75, 3.05) is 13.1 Å². The maximum absolute atomic E-state index is 14.6. The molecule has 1 fully saturated rings. The number of benzene rings is 1. The largest absolute Gasteiger partial charge is 0.779 e. The molecule has 1 aliphatic rings. The van der Waals surface area contributed by atoms with Crippen LogP contribution in [0, 0.1) is 6.92 Å². The second-order valence-corrected chi connectivity index (χ2v) is 17.6. The molecular formula is C28H30F21NSSiZn-. The molecule has 0 aromatic heterocycles. The second-order valence-electron chi connectivity index (χ2n) is 12.4. The summed E-state index contributed by atoms with van der Waals surface area (Å²) in [6, 6.07) is 2.49. The Labute approximate surface area is 308 Å². The van der Waals surface area contributed by atoms with Gasteiger partial charge in [-0.05, 0) is 38.9 Å². The number of rotatable bonds is 14. The topological polar surface area (TPSA) is 3.24 Å². The van der Waals surface area contributed by atoms with Gasteiger partial charge in [-0.3, -0.25) is 4.90 Å². The Morgan fingerprint density at radius 1 is 0.623 bits per heavy atom. The molecule has 53 heavy (non-hydrogen) atoms. The number of hydrogen-bond donors (Lipinski definition) is 0. The molecule has 0 N–H and O–H groups in total. The van der Waals surface area contributed by atoms with Gasteiger partial charge in [0.25, 0.3) is 0 Å². The molecule has 1 aromatic rings. The minimum Gasteiger partial charge on any atom is -0.779 e. The molecule has 1 aliphatic heterocycles. The third-order valence-electron chi connectivity index (χ3n) is 8.57. The molecule has 2 rings (SSSR count). The predicted octanol–water partition coefficient (Wildman–Crippen LogP) is 11.2. The van der Waals surface area contributed by atoms with Gasteiger partial charge in [0.2, 0.25) is 0 Å². The van der Waals surface area contributed by atoms with Gasteiger partial charge >= 0.3 is 59.5 Å². The van der Waals surface area contributed by atoms with Gasteiger partial charge in [0.1, 0.15) is 0 Å². The van der Waals surface area contributed by atoms with Crippen LogP contribution in [0.4, 0.5) is 92.2 Å². The fourth-order valence-corrected chi connectivity index (χ4v) is 7.76. The van der Waals surface area contributed by atoms with E-state index in [4.69, 9.17) is 12.6 Å². The number of likely N-dealkylation sites (tertiary alicyclic amines) is 1. The summed E-state index contributed by atoms with van der Waals surface area (Å²) in [5, 5.41) is 0.0982. The molecule has 0 bridgehead atoms. The Morgan fingerprint density at radius 2 is 0.962 bits per heavy atom. The third-order valence-corrected chi connectivity index (χ3v) is 12.3. The number of alkyl halides is 21. The Kier molecular flexibility index (Phi) is 15.6. The first-order valence-electron chi connectivity index (χ1n) is 14.6. The van der Waals surface area contributed by atoms with E-state index >= 15 is 0 Å². The van der Waals surface area contributed by atoms with Crippen molar-refractivity contribution in [3.8, 4) is 0 Å². The van der Waals surface area contributed by atoms with Crippen LogP contribution >= 0.6 is 0 Å².